The van der Waals surface area contributed by atoms with Gasteiger partial charge in [0.05, 0.1) is 17.6 Å². The summed E-state index contributed by atoms with van der Waals surface area (Å²) in [5.41, 5.74) is 22.4. The molecule has 136 valence electrons. The Bertz CT molecular complexity index is 892. The molecule has 0 aliphatic heterocycles. The van der Waals surface area contributed by atoms with Crippen LogP contribution >= 0.6 is 0 Å². The molecule has 0 unspecified atom stereocenters. The average molecular weight is 351 g/mol. The van der Waals surface area contributed by atoms with Crippen LogP contribution in [0.4, 0.5) is 17.2 Å². The predicted molar refractivity (Wildman–Crippen MR) is 104 cm³/mol. The van der Waals surface area contributed by atoms with Gasteiger partial charge in [0, 0.05) is 30.3 Å². The van der Waals surface area contributed by atoms with Crippen molar-refractivity contribution in [1.82, 2.24) is 14.6 Å². The highest BCUT2D eigenvalue weighted by molar-refractivity contribution is 5.75. The molecule has 0 amide bonds. The number of benzene rings is 1. The number of hydrogen-bond acceptors (Lipinski definition) is 6. The Kier molecular flexibility index (Phi) is 4.48. The molecule has 7 nitrogen and oxygen atoms in total. The van der Waals surface area contributed by atoms with Crippen LogP contribution in [0.1, 0.15) is 42.9 Å². The second kappa shape index (κ2) is 6.93. The molecule has 0 spiro atoms. The van der Waals surface area contributed by atoms with Crippen LogP contribution in [0.3, 0.4) is 0 Å². The second-order valence-corrected chi connectivity index (χ2v) is 7.05. The summed E-state index contributed by atoms with van der Waals surface area (Å²) >= 11 is 0. The van der Waals surface area contributed by atoms with Gasteiger partial charge in [-0.15, -0.1) is 5.10 Å². The Balaban J connectivity index is 1.65. The lowest BCUT2D eigenvalue weighted by atomic mass is 9.85. The third-order valence-corrected chi connectivity index (χ3v) is 5.12. The van der Waals surface area contributed by atoms with Gasteiger partial charge in [-0.3, -0.25) is 0 Å². The van der Waals surface area contributed by atoms with E-state index in [2.05, 4.69) is 10.4 Å². The largest absolute Gasteiger partial charge is 0.382 e. The van der Waals surface area contributed by atoms with Gasteiger partial charge in [0.2, 0.25) is 0 Å². The van der Waals surface area contributed by atoms with Crippen LogP contribution in [-0.2, 0) is 6.54 Å². The van der Waals surface area contributed by atoms with Gasteiger partial charge < -0.3 is 22.5 Å². The minimum absolute atomic E-state index is 0.325. The first kappa shape index (κ1) is 16.8. The predicted octanol–water partition coefficient (Wildman–Crippen LogP) is 2.50. The van der Waals surface area contributed by atoms with E-state index in [0.717, 1.165) is 54.0 Å². The quantitative estimate of drug-likeness (QED) is 0.573. The van der Waals surface area contributed by atoms with Gasteiger partial charge in [-0.1, -0.05) is 12.1 Å². The van der Waals surface area contributed by atoms with E-state index in [0.29, 0.717) is 24.3 Å². The van der Waals surface area contributed by atoms with E-state index in [9.17, 15) is 0 Å². The SMILES string of the molecule is NCc1ccc(Nc2cc(N)nn3cc([C@H]4CC[C@H](N)CC4)nc23)cc1. The molecule has 7 heteroatoms. The van der Waals surface area contributed by atoms with Gasteiger partial charge in [-0.2, -0.15) is 0 Å². The van der Waals surface area contributed by atoms with Crippen molar-refractivity contribution in [3.05, 3.63) is 47.8 Å². The van der Waals surface area contributed by atoms with Gasteiger partial charge in [-0.05, 0) is 43.4 Å². The number of aromatic nitrogens is 3. The van der Waals surface area contributed by atoms with Gasteiger partial charge in [-0.25, -0.2) is 9.50 Å². The number of anilines is 3. The highest BCUT2D eigenvalue weighted by Gasteiger charge is 2.23. The molecule has 1 aliphatic carbocycles. The van der Waals surface area contributed by atoms with Crippen LogP contribution in [-0.4, -0.2) is 20.6 Å². The number of nitrogens with two attached hydrogens (primary N) is 3. The lowest BCUT2D eigenvalue weighted by Gasteiger charge is -2.24. The Morgan fingerprint density at radius 1 is 1.12 bits per heavy atom. The Hall–Kier alpha value is -2.64. The van der Waals surface area contributed by atoms with Crippen LogP contribution in [0.15, 0.2) is 36.5 Å². The first-order valence-electron chi connectivity index (χ1n) is 9.10. The Morgan fingerprint density at radius 2 is 1.85 bits per heavy atom. The molecule has 2 aromatic heterocycles. The van der Waals surface area contributed by atoms with Gasteiger partial charge in [0.15, 0.2) is 5.65 Å². The highest BCUT2D eigenvalue weighted by Crippen LogP contribution is 2.33. The molecular weight excluding hydrogens is 326 g/mol. The molecular formula is C19H25N7. The van der Waals surface area contributed by atoms with E-state index in [1.807, 2.05) is 36.5 Å². The van der Waals surface area contributed by atoms with Crippen LogP contribution in [0, 0.1) is 0 Å². The molecule has 3 aromatic rings. The monoisotopic (exact) mass is 351 g/mol. The molecule has 2 heterocycles. The number of hydrogen-bond donors (Lipinski definition) is 4. The van der Waals surface area contributed by atoms with Crippen LogP contribution < -0.4 is 22.5 Å². The van der Waals surface area contributed by atoms with Crippen molar-refractivity contribution in [3.63, 3.8) is 0 Å². The van der Waals surface area contributed by atoms with E-state index >= 15 is 0 Å². The minimum atomic E-state index is 0.325. The van der Waals surface area contributed by atoms with E-state index in [-0.39, 0.29) is 0 Å². The third kappa shape index (κ3) is 3.36. The molecule has 1 aliphatic rings. The van der Waals surface area contributed by atoms with Crippen molar-refractivity contribution in [2.45, 2.75) is 44.2 Å². The number of nitrogens with zero attached hydrogens (tertiary/aromatic N) is 3. The smallest absolute Gasteiger partial charge is 0.177 e. The maximum Gasteiger partial charge on any atom is 0.177 e. The maximum absolute atomic E-state index is 6.03. The molecule has 26 heavy (non-hydrogen) atoms. The number of fused-ring (bicyclic) bond motifs is 1. The minimum Gasteiger partial charge on any atom is -0.382 e. The molecule has 0 saturated heterocycles. The summed E-state index contributed by atoms with van der Waals surface area (Å²) in [5, 5.41) is 7.78. The number of nitrogen functional groups attached to an aromatic ring is 1. The van der Waals surface area contributed by atoms with Gasteiger partial charge in [0.1, 0.15) is 5.82 Å². The Labute approximate surface area is 152 Å². The van der Waals surface area contributed by atoms with Crippen LogP contribution in [0.5, 0.6) is 0 Å². The molecule has 1 fully saturated rings. The van der Waals surface area contributed by atoms with Crippen LogP contribution in [0.2, 0.25) is 0 Å². The van der Waals surface area contributed by atoms with E-state index in [1.165, 1.54) is 0 Å². The molecule has 4 rings (SSSR count). The van der Waals surface area contributed by atoms with Crippen molar-refractivity contribution < 1.29 is 0 Å². The average Bonchev–Trinajstić information content (AvgIpc) is 3.07. The van der Waals surface area contributed by atoms with Crippen LogP contribution in [0.25, 0.3) is 5.65 Å². The third-order valence-electron chi connectivity index (χ3n) is 5.12. The van der Waals surface area contributed by atoms with Crippen molar-refractivity contribution in [1.29, 1.82) is 0 Å². The van der Waals surface area contributed by atoms with Gasteiger partial charge >= 0.3 is 0 Å². The maximum atomic E-state index is 6.03. The zero-order valence-corrected chi connectivity index (χ0v) is 14.7. The van der Waals surface area contributed by atoms with E-state index in [1.54, 1.807) is 4.52 Å². The first-order chi connectivity index (χ1) is 12.6. The summed E-state index contributed by atoms with van der Waals surface area (Å²) in [6, 6.07) is 10.2. The summed E-state index contributed by atoms with van der Waals surface area (Å²) in [6.45, 7) is 0.529. The molecule has 7 N–H and O–H groups in total. The summed E-state index contributed by atoms with van der Waals surface area (Å²) in [7, 11) is 0. The van der Waals surface area contributed by atoms with Gasteiger partial charge in [0.25, 0.3) is 0 Å². The standard InChI is InChI=1S/C19H25N7/c20-10-12-1-7-15(8-2-12)23-16-9-18(22)25-26-11-17(24-19(16)26)13-3-5-14(21)6-4-13/h1-2,7-9,11,13-14,23H,3-6,10,20-21H2,(H2,22,25)/t13-,14-. The normalized spacial score (nSPS) is 20.4. The molecule has 1 aromatic carbocycles. The van der Waals surface area contributed by atoms with Crippen molar-refractivity contribution in [2.75, 3.05) is 11.1 Å². The lowest BCUT2D eigenvalue weighted by Crippen LogP contribution is -2.25. The molecule has 0 bridgehead atoms. The van der Waals surface area contributed by atoms with Crippen molar-refractivity contribution in [2.24, 2.45) is 11.5 Å². The fraction of sp³-hybridized carbons (Fsp3) is 0.368. The fourth-order valence-electron chi connectivity index (χ4n) is 3.60. The summed E-state index contributed by atoms with van der Waals surface area (Å²) < 4.78 is 1.77. The number of nitrogens with one attached hydrogen (secondary N) is 1. The van der Waals surface area contributed by atoms with Crippen molar-refractivity contribution in [3.8, 4) is 0 Å². The number of rotatable bonds is 4. The van der Waals surface area contributed by atoms with E-state index < -0.39 is 0 Å². The summed E-state index contributed by atoms with van der Waals surface area (Å²) in [6.07, 6.45) is 6.24. The Morgan fingerprint density at radius 3 is 2.54 bits per heavy atom. The second-order valence-electron chi connectivity index (χ2n) is 7.05. The summed E-state index contributed by atoms with van der Waals surface area (Å²) in [5.74, 6) is 0.891. The topological polar surface area (TPSA) is 120 Å². The molecule has 1 saturated carbocycles. The number of imidazole rings is 1. The van der Waals surface area contributed by atoms with E-state index in [4.69, 9.17) is 22.2 Å². The highest BCUT2D eigenvalue weighted by atomic mass is 15.3. The summed E-state index contributed by atoms with van der Waals surface area (Å²) in [4.78, 5) is 4.85. The molecule has 0 atom stereocenters. The zero-order valence-electron chi connectivity index (χ0n) is 14.7. The lowest BCUT2D eigenvalue weighted by molar-refractivity contribution is 0.391. The zero-order chi connectivity index (χ0) is 18.1. The fourth-order valence-corrected chi connectivity index (χ4v) is 3.60. The van der Waals surface area contributed by atoms with Crippen molar-refractivity contribution >= 4 is 22.8 Å². The molecule has 0 radical (unpaired) electrons. The first-order valence-corrected chi connectivity index (χ1v) is 9.10.